The summed E-state index contributed by atoms with van der Waals surface area (Å²) in [6.07, 6.45) is -3.78. The smallest absolute Gasteiger partial charge is 0.324 e. The van der Waals surface area contributed by atoms with Crippen LogP contribution in [-0.2, 0) is 22.0 Å². The number of aryl methyl sites for hydroxylation is 1. The van der Waals surface area contributed by atoms with Gasteiger partial charge in [0.2, 0.25) is 10.0 Å². The minimum atomic E-state index is -4.44. The van der Waals surface area contributed by atoms with Gasteiger partial charge in [-0.05, 0) is 43.2 Å². The molecule has 0 saturated carbocycles. The van der Waals surface area contributed by atoms with Crippen LogP contribution >= 0.6 is 0 Å². The van der Waals surface area contributed by atoms with E-state index in [2.05, 4.69) is 9.55 Å². The number of alkyl halides is 3. The van der Waals surface area contributed by atoms with Gasteiger partial charge < -0.3 is 4.57 Å². The summed E-state index contributed by atoms with van der Waals surface area (Å²) in [7, 11) is -3.63. The minimum Gasteiger partial charge on any atom is -0.324 e. The maximum atomic E-state index is 12.8. The van der Waals surface area contributed by atoms with Crippen molar-refractivity contribution < 1.29 is 21.6 Å². The first-order chi connectivity index (χ1) is 13.6. The summed E-state index contributed by atoms with van der Waals surface area (Å²) >= 11 is 0. The van der Waals surface area contributed by atoms with Crippen LogP contribution in [0, 0.1) is 6.92 Å². The van der Waals surface area contributed by atoms with Crippen LogP contribution in [0.2, 0.25) is 0 Å². The first-order valence-electron chi connectivity index (χ1n) is 9.23. The van der Waals surface area contributed by atoms with Crippen molar-refractivity contribution >= 4 is 21.1 Å². The monoisotopic (exact) mass is 423 g/mol. The highest BCUT2D eigenvalue weighted by Gasteiger charge is 2.34. The summed E-state index contributed by atoms with van der Waals surface area (Å²) in [4.78, 5) is 4.54. The fourth-order valence-corrected chi connectivity index (χ4v) is 5.47. The Kier molecular flexibility index (Phi) is 4.90. The van der Waals surface area contributed by atoms with Gasteiger partial charge in [-0.3, -0.25) is 0 Å². The number of nitrogens with zero attached hydrogens (tertiary/aromatic N) is 3. The van der Waals surface area contributed by atoms with Gasteiger partial charge in [0.15, 0.2) is 0 Å². The van der Waals surface area contributed by atoms with E-state index in [0.29, 0.717) is 25.1 Å². The van der Waals surface area contributed by atoms with E-state index in [1.165, 1.54) is 16.4 Å². The van der Waals surface area contributed by atoms with Gasteiger partial charge >= 0.3 is 6.18 Å². The average Bonchev–Trinajstić information content (AvgIpc) is 3.25. The molecule has 1 fully saturated rings. The van der Waals surface area contributed by atoms with E-state index in [0.717, 1.165) is 29.0 Å². The Morgan fingerprint density at radius 3 is 2.48 bits per heavy atom. The van der Waals surface area contributed by atoms with E-state index >= 15 is 0 Å². The number of aromatic nitrogens is 2. The van der Waals surface area contributed by atoms with Gasteiger partial charge in [-0.15, -0.1) is 0 Å². The molecule has 2 heterocycles. The van der Waals surface area contributed by atoms with Crippen molar-refractivity contribution in [2.45, 2.75) is 31.3 Å². The van der Waals surface area contributed by atoms with Gasteiger partial charge in [-0.1, -0.05) is 24.3 Å². The second-order valence-electron chi connectivity index (χ2n) is 7.27. The van der Waals surface area contributed by atoms with Gasteiger partial charge in [-0.25, -0.2) is 13.4 Å². The Balaban J connectivity index is 1.51. The topological polar surface area (TPSA) is 55.2 Å². The molecule has 0 spiro atoms. The number of halogens is 3. The average molecular weight is 423 g/mol. The molecule has 4 rings (SSSR count). The molecule has 1 unspecified atom stereocenters. The number of sulfonamides is 1. The molecule has 0 aliphatic carbocycles. The lowest BCUT2D eigenvalue weighted by Crippen LogP contribution is -2.30. The lowest BCUT2D eigenvalue weighted by molar-refractivity contribution is -0.137. The van der Waals surface area contributed by atoms with Crippen LogP contribution < -0.4 is 0 Å². The summed E-state index contributed by atoms with van der Waals surface area (Å²) in [6, 6.07) is 12.0. The fourth-order valence-electron chi connectivity index (χ4n) is 3.89. The molecule has 5 nitrogen and oxygen atoms in total. The van der Waals surface area contributed by atoms with Crippen LogP contribution in [-0.4, -0.2) is 35.4 Å². The number of para-hydroxylation sites is 2. The molecule has 1 aliphatic rings. The van der Waals surface area contributed by atoms with Crippen LogP contribution in [0.1, 0.15) is 29.4 Å². The molecule has 9 heteroatoms. The highest BCUT2D eigenvalue weighted by molar-refractivity contribution is 7.88. The molecular formula is C20H20F3N3O2S. The zero-order valence-electron chi connectivity index (χ0n) is 15.7. The first kappa shape index (κ1) is 19.9. The molecule has 0 N–H and O–H groups in total. The number of rotatable bonds is 4. The summed E-state index contributed by atoms with van der Waals surface area (Å²) in [6.45, 7) is 2.60. The molecule has 0 radical (unpaired) electrons. The Labute approximate surface area is 166 Å². The molecule has 2 aromatic carbocycles. The molecule has 3 aromatic rings. The van der Waals surface area contributed by atoms with Gasteiger partial charge in [0.1, 0.15) is 5.82 Å². The van der Waals surface area contributed by atoms with Gasteiger partial charge in [0.25, 0.3) is 0 Å². The third-order valence-corrected chi connectivity index (χ3v) is 7.10. The Morgan fingerprint density at radius 2 is 1.79 bits per heavy atom. The van der Waals surface area contributed by atoms with Crippen LogP contribution in [0.4, 0.5) is 13.2 Å². The quantitative estimate of drug-likeness (QED) is 0.634. The molecule has 1 atom stereocenters. The fraction of sp³-hybridized carbons (Fsp3) is 0.350. The summed E-state index contributed by atoms with van der Waals surface area (Å²) in [5.74, 6) is 0.514. The maximum Gasteiger partial charge on any atom is 0.416 e. The van der Waals surface area contributed by atoms with Crippen molar-refractivity contribution in [3.8, 4) is 0 Å². The molecule has 0 bridgehead atoms. The van der Waals surface area contributed by atoms with E-state index in [4.69, 9.17) is 0 Å². The van der Waals surface area contributed by atoms with Crippen LogP contribution in [0.25, 0.3) is 11.0 Å². The van der Waals surface area contributed by atoms with E-state index in [-0.39, 0.29) is 11.8 Å². The van der Waals surface area contributed by atoms with Crippen molar-refractivity contribution in [1.82, 2.24) is 13.9 Å². The predicted molar refractivity (Wildman–Crippen MR) is 104 cm³/mol. The number of benzene rings is 2. The highest BCUT2D eigenvalue weighted by Crippen LogP contribution is 2.31. The number of hydrogen-bond donors (Lipinski definition) is 0. The van der Waals surface area contributed by atoms with E-state index < -0.39 is 21.8 Å². The van der Waals surface area contributed by atoms with Gasteiger partial charge in [-0.2, -0.15) is 17.5 Å². The van der Waals surface area contributed by atoms with Gasteiger partial charge in [0.05, 0.1) is 28.4 Å². The van der Waals surface area contributed by atoms with E-state index in [1.807, 2.05) is 31.2 Å². The lowest BCUT2D eigenvalue weighted by atomic mass is 10.1. The second-order valence-corrected chi connectivity index (χ2v) is 9.24. The first-order valence-corrected chi connectivity index (χ1v) is 10.8. The molecule has 0 amide bonds. The zero-order valence-corrected chi connectivity index (χ0v) is 16.5. The summed E-state index contributed by atoms with van der Waals surface area (Å²) in [5, 5.41) is 0. The molecule has 29 heavy (non-hydrogen) atoms. The number of hydrogen-bond acceptors (Lipinski definition) is 3. The predicted octanol–water partition coefficient (Wildman–Crippen LogP) is 4.14. The minimum absolute atomic E-state index is 0.0234. The molecular weight excluding hydrogens is 403 g/mol. The SMILES string of the molecule is Cc1nc2ccccc2n1C1CCN(S(=O)(=O)Cc2ccc(C(F)(F)F)cc2)C1. The third kappa shape index (κ3) is 3.89. The van der Waals surface area contributed by atoms with Crippen molar-refractivity contribution in [2.75, 3.05) is 13.1 Å². The largest absolute Gasteiger partial charge is 0.416 e. The van der Waals surface area contributed by atoms with Crippen molar-refractivity contribution in [1.29, 1.82) is 0 Å². The molecule has 154 valence electrons. The molecule has 1 saturated heterocycles. The van der Waals surface area contributed by atoms with Crippen LogP contribution in [0.15, 0.2) is 48.5 Å². The molecule has 1 aromatic heterocycles. The van der Waals surface area contributed by atoms with Crippen LogP contribution in [0.3, 0.4) is 0 Å². The van der Waals surface area contributed by atoms with E-state index in [1.54, 1.807) is 0 Å². The van der Waals surface area contributed by atoms with Crippen molar-refractivity contribution in [2.24, 2.45) is 0 Å². The highest BCUT2D eigenvalue weighted by atomic mass is 32.2. The second kappa shape index (κ2) is 7.14. The van der Waals surface area contributed by atoms with E-state index in [9.17, 15) is 21.6 Å². The Bertz CT molecular complexity index is 1140. The summed E-state index contributed by atoms with van der Waals surface area (Å²) < 4.78 is 67.2. The van der Waals surface area contributed by atoms with Crippen molar-refractivity contribution in [3.05, 3.63) is 65.5 Å². The van der Waals surface area contributed by atoms with Crippen LogP contribution in [0.5, 0.6) is 0 Å². The van der Waals surface area contributed by atoms with Gasteiger partial charge in [0, 0.05) is 13.1 Å². The molecule has 1 aliphatic heterocycles. The lowest BCUT2D eigenvalue weighted by Gasteiger charge is -2.18. The number of imidazole rings is 1. The maximum absolute atomic E-state index is 12.8. The Hall–Kier alpha value is -2.39. The van der Waals surface area contributed by atoms with Crippen molar-refractivity contribution in [3.63, 3.8) is 0 Å². The zero-order chi connectivity index (χ0) is 20.8. The normalized spacial score (nSPS) is 18.6. The third-order valence-electron chi connectivity index (χ3n) is 5.29. The number of fused-ring (bicyclic) bond motifs is 1. The summed E-state index contributed by atoms with van der Waals surface area (Å²) in [5.41, 5.74) is 1.39. The Morgan fingerprint density at radius 1 is 1.10 bits per heavy atom. The standard InChI is InChI=1S/C20H20F3N3O2S/c1-14-24-18-4-2-3-5-19(18)26(14)17-10-11-25(12-17)29(27,28)13-15-6-8-16(9-7-15)20(21,22)23/h2-9,17H,10-13H2,1H3.